The van der Waals surface area contributed by atoms with Crippen LogP contribution in [0.15, 0.2) is 24.3 Å². The Hall–Kier alpha value is -1.35. The molecule has 1 atom stereocenters. The van der Waals surface area contributed by atoms with E-state index >= 15 is 0 Å². The maximum Gasteiger partial charge on any atom is 0.148 e. The summed E-state index contributed by atoms with van der Waals surface area (Å²) in [6, 6.07) is 8.72. The molecule has 1 aliphatic rings. The number of benzene rings is 1. The molecule has 112 valence electrons. The summed E-state index contributed by atoms with van der Waals surface area (Å²) in [5, 5.41) is 8.83. The van der Waals surface area contributed by atoms with Crippen LogP contribution in [0.2, 0.25) is 0 Å². The standard InChI is InChI=1S/C17H22ClN3/c1-17(2,3)21-15(11-18)19-20-16(21)14-10-6-8-12-7-4-5-9-13(12)14/h4-5,7,9,14H,6,8,10-11H2,1-3H3. The van der Waals surface area contributed by atoms with Crippen molar-refractivity contribution in [2.75, 3.05) is 0 Å². The van der Waals surface area contributed by atoms with Crippen LogP contribution >= 0.6 is 11.6 Å². The van der Waals surface area contributed by atoms with Crippen LogP contribution in [0.1, 0.15) is 62.3 Å². The summed E-state index contributed by atoms with van der Waals surface area (Å²) in [4.78, 5) is 0. The van der Waals surface area contributed by atoms with Crippen LogP contribution in [-0.4, -0.2) is 14.8 Å². The molecule has 0 radical (unpaired) electrons. The first-order valence-electron chi connectivity index (χ1n) is 7.61. The second-order valence-corrected chi connectivity index (χ2v) is 7.03. The monoisotopic (exact) mass is 303 g/mol. The molecular formula is C17H22ClN3. The molecular weight excluding hydrogens is 282 g/mol. The summed E-state index contributed by atoms with van der Waals surface area (Å²) in [5.74, 6) is 2.66. The van der Waals surface area contributed by atoms with Gasteiger partial charge in [0.25, 0.3) is 0 Å². The zero-order chi connectivity index (χ0) is 15.0. The largest absolute Gasteiger partial charge is 0.308 e. The van der Waals surface area contributed by atoms with Crippen LogP contribution in [0.4, 0.5) is 0 Å². The van der Waals surface area contributed by atoms with E-state index in [2.05, 4.69) is 59.8 Å². The second-order valence-electron chi connectivity index (χ2n) is 6.76. The molecule has 21 heavy (non-hydrogen) atoms. The summed E-state index contributed by atoms with van der Waals surface area (Å²) in [6.07, 6.45) is 3.50. The van der Waals surface area contributed by atoms with Gasteiger partial charge in [0.2, 0.25) is 0 Å². The van der Waals surface area contributed by atoms with Crippen molar-refractivity contribution in [2.24, 2.45) is 0 Å². The van der Waals surface area contributed by atoms with Crippen LogP contribution in [-0.2, 0) is 17.8 Å². The van der Waals surface area contributed by atoms with Crippen molar-refractivity contribution in [2.45, 2.75) is 57.4 Å². The lowest BCUT2D eigenvalue weighted by Crippen LogP contribution is -2.28. The van der Waals surface area contributed by atoms with E-state index < -0.39 is 0 Å². The average molecular weight is 304 g/mol. The Morgan fingerprint density at radius 2 is 2.00 bits per heavy atom. The Balaban J connectivity index is 2.13. The number of halogens is 1. The molecule has 3 rings (SSSR count). The molecule has 0 bridgehead atoms. The van der Waals surface area contributed by atoms with Gasteiger partial charge in [-0.3, -0.25) is 0 Å². The predicted molar refractivity (Wildman–Crippen MR) is 85.8 cm³/mol. The van der Waals surface area contributed by atoms with Crippen molar-refractivity contribution in [1.82, 2.24) is 14.8 Å². The molecule has 1 unspecified atom stereocenters. The van der Waals surface area contributed by atoms with Gasteiger partial charge in [0, 0.05) is 11.5 Å². The number of fused-ring (bicyclic) bond motifs is 1. The Bertz CT molecular complexity index is 640. The van der Waals surface area contributed by atoms with Gasteiger partial charge in [-0.2, -0.15) is 0 Å². The van der Waals surface area contributed by atoms with E-state index in [4.69, 9.17) is 11.6 Å². The lowest BCUT2D eigenvalue weighted by atomic mass is 9.82. The molecule has 0 saturated carbocycles. The van der Waals surface area contributed by atoms with Gasteiger partial charge in [-0.05, 0) is 51.2 Å². The SMILES string of the molecule is CC(C)(C)n1c(CCl)nnc1C1CCCc2ccccc21. The van der Waals surface area contributed by atoms with E-state index in [1.807, 2.05) is 0 Å². The zero-order valence-electron chi connectivity index (χ0n) is 12.9. The Kier molecular flexibility index (Phi) is 3.78. The van der Waals surface area contributed by atoms with Crippen molar-refractivity contribution in [3.05, 3.63) is 47.0 Å². The number of hydrogen-bond donors (Lipinski definition) is 0. The topological polar surface area (TPSA) is 30.7 Å². The fraction of sp³-hybridized carbons (Fsp3) is 0.529. The number of aromatic nitrogens is 3. The number of nitrogens with zero attached hydrogens (tertiary/aromatic N) is 3. The van der Waals surface area contributed by atoms with Gasteiger partial charge in [0.15, 0.2) is 0 Å². The quantitative estimate of drug-likeness (QED) is 0.777. The summed E-state index contributed by atoms with van der Waals surface area (Å²) >= 11 is 6.07. The van der Waals surface area contributed by atoms with Crippen LogP contribution in [0.5, 0.6) is 0 Å². The van der Waals surface area contributed by atoms with Crippen molar-refractivity contribution < 1.29 is 0 Å². The third-order valence-corrected chi connectivity index (χ3v) is 4.47. The maximum absolute atomic E-state index is 6.07. The first-order valence-corrected chi connectivity index (χ1v) is 8.14. The van der Waals surface area contributed by atoms with Gasteiger partial charge >= 0.3 is 0 Å². The number of aryl methyl sites for hydroxylation is 1. The van der Waals surface area contributed by atoms with E-state index in [1.54, 1.807) is 0 Å². The number of hydrogen-bond acceptors (Lipinski definition) is 2. The highest BCUT2D eigenvalue weighted by Crippen LogP contribution is 2.37. The normalized spacial score (nSPS) is 18.6. The van der Waals surface area contributed by atoms with Crippen molar-refractivity contribution in [3.8, 4) is 0 Å². The zero-order valence-corrected chi connectivity index (χ0v) is 13.7. The molecule has 0 N–H and O–H groups in total. The van der Waals surface area contributed by atoms with Crippen molar-refractivity contribution in [1.29, 1.82) is 0 Å². The van der Waals surface area contributed by atoms with E-state index in [9.17, 15) is 0 Å². The molecule has 0 aliphatic heterocycles. The molecule has 1 aromatic heterocycles. The lowest BCUT2D eigenvalue weighted by Gasteiger charge is -2.30. The highest BCUT2D eigenvalue weighted by molar-refractivity contribution is 6.16. The molecule has 0 fully saturated rings. The van der Waals surface area contributed by atoms with Gasteiger partial charge in [-0.25, -0.2) is 0 Å². The van der Waals surface area contributed by atoms with Crippen LogP contribution in [0.25, 0.3) is 0 Å². The molecule has 0 saturated heterocycles. The Morgan fingerprint density at radius 1 is 1.24 bits per heavy atom. The van der Waals surface area contributed by atoms with Gasteiger partial charge in [-0.1, -0.05) is 24.3 Å². The maximum atomic E-state index is 6.07. The molecule has 2 aromatic rings. The molecule has 1 aromatic carbocycles. The van der Waals surface area contributed by atoms with E-state index in [-0.39, 0.29) is 5.54 Å². The third-order valence-electron chi connectivity index (χ3n) is 4.23. The summed E-state index contributed by atoms with van der Waals surface area (Å²) in [5.41, 5.74) is 2.79. The summed E-state index contributed by atoms with van der Waals surface area (Å²) < 4.78 is 2.23. The summed E-state index contributed by atoms with van der Waals surface area (Å²) in [6.45, 7) is 6.56. The Labute approximate surface area is 131 Å². The van der Waals surface area contributed by atoms with Gasteiger partial charge < -0.3 is 4.57 Å². The van der Waals surface area contributed by atoms with Crippen LogP contribution in [0, 0.1) is 0 Å². The highest BCUT2D eigenvalue weighted by atomic mass is 35.5. The minimum Gasteiger partial charge on any atom is -0.308 e. The first kappa shape index (κ1) is 14.6. The van der Waals surface area contributed by atoms with Gasteiger partial charge in [0.1, 0.15) is 11.6 Å². The van der Waals surface area contributed by atoms with Crippen molar-refractivity contribution in [3.63, 3.8) is 0 Å². The molecule has 3 nitrogen and oxygen atoms in total. The first-order chi connectivity index (χ1) is 10.0. The minimum absolute atomic E-state index is 0.0601. The predicted octanol–water partition coefficient (Wildman–Crippen LogP) is 4.24. The fourth-order valence-corrected chi connectivity index (χ4v) is 3.57. The summed E-state index contributed by atoms with van der Waals surface area (Å²) in [7, 11) is 0. The molecule has 0 amide bonds. The smallest absolute Gasteiger partial charge is 0.148 e. The van der Waals surface area contributed by atoms with Gasteiger partial charge in [-0.15, -0.1) is 21.8 Å². The fourth-order valence-electron chi connectivity index (χ4n) is 3.40. The van der Waals surface area contributed by atoms with Crippen molar-refractivity contribution >= 4 is 11.6 Å². The van der Waals surface area contributed by atoms with Crippen LogP contribution in [0.3, 0.4) is 0 Å². The van der Waals surface area contributed by atoms with Crippen LogP contribution < -0.4 is 0 Å². The second kappa shape index (κ2) is 5.45. The van der Waals surface area contributed by atoms with Gasteiger partial charge in [0.05, 0.1) is 5.88 Å². The molecule has 4 heteroatoms. The third kappa shape index (κ3) is 2.59. The van der Waals surface area contributed by atoms with E-state index in [1.165, 1.54) is 24.0 Å². The highest BCUT2D eigenvalue weighted by Gasteiger charge is 2.30. The molecule has 1 aliphatic carbocycles. The minimum atomic E-state index is -0.0601. The number of alkyl halides is 1. The molecule has 0 spiro atoms. The molecule has 1 heterocycles. The average Bonchev–Trinajstić information content (AvgIpc) is 2.90. The lowest BCUT2D eigenvalue weighted by molar-refractivity contribution is 0.363. The van der Waals surface area contributed by atoms with E-state index in [0.29, 0.717) is 11.8 Å². The van der Waals surface area contributed by atoms with E-state index in [0.717, 1.165) is 18.1 Å². The Morgan fingerprint density at radius 3 is 2.71 bits per heavy atom. The number of rotatable bonds is 2.